The fourth-order valence-corrected chi connectivity index (χ4v) is 2.40. The van der Waals surface area contributed by atoms with Crippen molar-refractivity contribution in [3.8, 4) is 5.75 Å². The minimum Gasteiger partial charge on any atom is -0.489 e. The standard InChI is InChI=1S/C13H17ClO2/c1-10-4-5-12(11(14)8-10)16-9-13(15)6-2-3-7-13/h4-5,8,15H,2-3,6-7,9H2,1H3. The molecule has 16 heavy (non-hydrogen) atoms. The van der Waals surface area contributed by atoms with E-state index in [0.717, 1.165) is 31.2 Å². The smallest absolute Gasteiger partial charge is 0.138 e. The van der Waals surface area contributed by atoms with Gasteiger partial charge in [0.1, 0.15) is 12.4 Å². The molecule has 1 saturated carbocycles. The number of hydrogen-bond donors (Lipinski definition) is 1. The van der Waals surface area contributed by atoms with Crippen molar-refractivity contribution in [2.45, 2.75) is 38.2 Å². The van der Waals surface area contributed by atoms with Crippen LogP contribution in [0.15, 0.2) is 18.2 Å². The van der Waals surface area contributed by atoms with Crippen LogP contribution >= 0.6 is 11.6 Å². The molecule has 88 valence electrons. The van der Waals surface area contributed by atoms with Crippen LogP contribution in [0.4, 0.5) is 0 Å². The minimum absolute atomic E-state index is 0.343. The topological polar surface area (TPSA) is 29.5 Å². The number of rotatable bonds is 3. The van der Waals surface area contributed by atoms with Crippen molar-refractivity contribution in [3.63, 3.8) is 0 Å². The van der Waals surface area contributed by atoms with Gasteiger partial charge < -0.3 is 9.84 Å². The van der Waals surface area contributed by atoms with Crippen LogP contribution in [0.1, 0.15) is 31.2 Å². The van der Waals surface area contributed by atoms with E-state index in [9.17, 15) is 5.11 Å². The van der Waals surface area contributed by atoms with Crippen LogP contribution in [-0.4, -0.2) is 17.3 Å². The predicted molar refractivity (Wildman–Crippen MR) is 65.1 cm³/mol. The van der Waals surface area contributed by atoms with Crippen molar-refractivity contribution in [1.29, 1.82) is 0 Å². The fourth-order valence-electron chi connectivity index (χ4n) is 2.11. The number of aryl methyl sites for hydroxylation is 1. The minimum atomic E-state index is -0.645. The summed E-state index contributed by atoms with van der Waals surface area (Å²) in [7, 11) is 0. The van der Waals surface area contributed by atoms with Gasteiger partial charge in [0.15, 0.2) is 0 Å². The summed E-state index contributed by atoms with van der Waals surface area (Å²) in [5.74, 6) is 0.660. The molecular formula is C13H17ClO2. The van der Waals surface area contributed by atoms with Crippen LogP contribution in [0.3, 0.4) is 0 Å². The second-order valence-electron chi connectivity index (χ2n) is 4.65. The first-order chi connectivity index (χ1) is 7.59. The third kappa shape index (κ3) is 2.69. The highest BCUT2D eigenvalue weighted by atomic mass is 35.5. The van der Waals surface area contributed by atoms with Gasteiger partial charge in [-0.25, -0.2) is 0 Å². The number of aliphatic hydroxyl groups is 1. The highest BCUT2D eigenvalue weighted by Crippen LogP contribution is 2.32. The largest absolute Gasteiger partial charge is 0.489 e. The zero-order chi connectivity index (χ0) is 11.6. The lowest BCUT2D eigenvalue weighted by atomic mass is 10.0. The van der Waals surface area contributed by atoms with Gasteiger partial charge in [0.2, 0.25) is 0 Å². The van der Waals surface area contributed by atoms with E-state index in [-0.39, 0.29) is 0 Å². The number of halogens is 1. The molecule has 0 aliphatic heterocycles. The van der Waals surface area contributed by atoms with E-state index in [2.05, 4.69) is 0 Å². The van der Waals surface area contributed by atoms with E-state index in [4.69, 9.17) is 16.3 Å². The van der Waals surface area contributed by atoms with Crippen LogP contribution in [0.25, 0.3) is 0 Å². The van der Waals surface area contributed by atoms with Gasteiger partial charge in [-0.2, -0.15) is 0 Å². The van der Waals surface area contributed by atoms with Crippen LogP contribution in [-0.2, 0) is 0 Å². The quantitative estimate of drug-likeness (QED) is 0.878. The van der Waals surface area contributed by atoms with E-state index in [1.165, 1.54) is 0 Å². The lowest BCUT2D eigenvalue weighted by molar-refractivity contribution is 0.00144. The van der Waals surface area contributed by atoms with Gasteiger partial charge in [0, 0.05) is 0 Å². The summed E-state index contributed by atoms with van der Waals surface area (Å²) in [6.07, 6.45) is 3.83. The zero-order valence-electron chi connectivity index (χ0n) is 9.50. The van der Waals surface area contributed by atoms with E-state index in [1.54, 1.807) is 0 Å². The summed E-state index contributed by atoms with van der Waals surface area (Å²) in [6, 6.07) is 5.69. The summed E-state index contributed by atoms with van der Waals surface area (Å²) < 4.78 is 5.60. The van der Waals surface area contributed by atoms with Crippen LogP contribution < -0.4 is 4.74 Å². The van der Waals surface area contributed by atoms with Crippen LogP contribution in [0, 0.1) is 6.92 Å². The normalized spacial score (nSPS) is 18.7. The second kappa shape index (κ2) is 4.64. The lowest BCUT2D eigenvalue weighted by Crippen LogP contribution is -2.32. The second-order valence-corrected chi connectivity index (χ2v) is 5.06. The van der Waals surface area contributed by atoms with Gasteiger partial charge in [-0.1, -0.05) is 30.5 Å². The molecule has 0 radical (unpaired) electrons. The molecular weight excluding hydrogens is 224 g/mol. The summed E-state index contributed by atoms with van der Waals surface area (Å²) >= 11 is 6.05. The molecule has 1 aromatic carbocycles. The van der Waals surface area contributed by atoms with Crippen LogP contribution in [0.2, 0.25) is 5.02 Å². The predicted octanol–water partition coefficient (Wildman–Crippen LogP) is 3.33. The summed E-state index contributed by atoms with van der Waals surface area (Å²) in [5, 5.41) is 10.7. The Bertz CT molecular complexity index is 370. The van der Waals surface area contributed by atoms with Crippen molar-refractivity contribution in [1.82, 2.24) is 0 Å². The molecule has 0 heterocycles. The first-order valence-electron chi connectivity index (χ1n) is 5.70. The van der Waals surface area contributed by atoms with Crippen molar-refractivity contribution in [2.75, 3.05) is 6.61 Å². The highest BCUT2D eigenvalue weighted by molar-refractivity contribution is 6.32. The average molecular weight is 241 g/mol. The molecule has 0 atom stereocenters. The Morgan fingerprint density at radius 3 is 2.69 bits per heavy atom. The molecule has 1 N–H and O–H groups in total. The number of ether oxygens (including phenoxy) is 1. The molecule has 1 aromatic rings. The van der Waals surface area contributed by atoms with Gasteiger partial charge in [0.25, 0.3) is 0 Å². The van der Waals surface area contributed by atoms with Crippen molar-refractivity contribution in [2.24, 2.45) is 0 Å². The molecule has 0 unspecified atom stereocenters. The van der Waals surface area contributed by atoms with Gasteiger partial charge in [0.05, 0.1) is 10.6 Å². The summed E-state index contributed by atoms with van der Waals surface area (Å²) in [6.45, 7) is 2.33. The molecule has 3 heteroatoms. The van der Waals surface area contributed by atoms with Crippen LogP contribution in [0.5, 0.6) is 5.75 Å². The zero-order valence-corrected chi connectivity index (χ0v) is 10.3. The van der Waals surface area contributed by atoms with Crippen molar-refractivity contribution >= 4 is 11.6 Å². The SMILES string of the molecule is Cc1ccc(OCC2(O)CCCC2)c(Cl)c1. The fraction of sp³-hybridized carbons (Fsp3) is 0.538. The van der Waals surface area contributed by atoms with Gasteiger partial charge in [-0.3, -0.25) is 0 Å². The maximum absolute atomic E-state index is 10.1. The Kier molecular flexibility index (Phi) is 3.41. The Labute approximate surface area is 101 Å². The van der Waals surface area contributed by atoms with Gasteiger partial charge in [-0.15, -0.1) is 0 Å². The molecule has 0 bridgehead atoms. The average Bonchev–Trinajstić information content (AvgIpc) is 2.64. The third-order valence-corrected chi connectivity index (χ3v) is 3.41. The molecule has 0 spiro atoms. The maximum Gasteiger partial charge on any atom is 0.138 e. The molecule has 0 saturated heterocycles. The first kappa shape index (κ1) is 11.7. The van der Waals surface area contributed by atoms with E-state index < -0.39 is 5.60 Å². The van der Waals surface area contributed by atoms with Gasteiger partial charge in [-0.05, 0) is 37.5 Å². The van der Waals surface area contributed by atoms with E-state index in [1.807, 2.05) is 25.1 Å². The van der Waals surface area contributed by atoms with E-state index >= 15 is 0 Å². The Morgan fingerprint density at radius 2 is 2.06 bits per heavy atom. The molecule has 2 rings (SSSR count). The van der Waals surface area contributed by atoms with Crippen molar-refractivity contribution in [3.05, 3.63) is 28.8 Å². The van der Waals surface area contributed by atoms with Gasteiger partial charge >= 0.3 is 0 Å². The van der Waals surface area contributed by atoms with E-state index in [0.29, 0.717) is 17.4 Å². The third-order valence-electron chi connectivity index (χ3n) is 3.12. The highest BCUT2D eigenvalue weighted by Gasteiger charge is 2.32. The molecule has 1 aliphatic rings. The molecule has 0 amide bonds. The first-order valence-corrected chi connectivity index (χ1v) is 6.08. The lowest BCUT2D eigenvalue weighted by Gasteiger charge is -2.22. The Balaban J connectivity index is 1.99. The summed E-state index contributed by atoms with van der Waals surface area (Å²) in [5.41, 5.74) is 0.464. The maximum atomic E-state index is 10.1. The van der Waals surface area contributed by atoms with Crippen molar-refractivity contribution < 1.29 is 9.84 Å². The number of benzene rings is 1. The number of hydrogen-bond acceptors (Lipinski definition) is 2. The molecule has 1 fully saturated rings. The molecule has 1 aliphatic carbocycles. The molecule has 2 nitrogen and oxygen atoms in total. The Morgan fingerprint density at radius 1 is 1.38 bits per heavy atom. The Hall–Kier alpha value is -0.730. The monoisotopic (exact) mass is 240 g/mol. The summed E-state index contributed by atoms with van der Waals surface area (Å²) in [4.78, 5) is 0. The molecule has 0 aromatic heterocycles.